The number of rotatable bonds is 4. The van der Waals surface area contributed by atoms with E-state index in [1.807, 2.05) is 0 Å². The van der Waals surface area contributed by atoms with Gasteiger partial charge in [0.2, 0.25) is 5.91 Å². The summed E-state index contributed by atoms with van der Waals surface area (Å²) in [6.07, 6.45) is -0.0498. The quantitative estimate of drug-likeness (QED) is 0.471. The Labute approximate surface area is 120 Å². The second kappa shape index (κ2) is 6.21. The van der Waals surface area contributed by atoms with E-state index in [0.717, 1.165) is 0 Å². The summed E-state index contributed by atoms with van der Waals surface area (Å²) in [5.41, 5.74) is 0.232. The van der Waals surface area contributed by atoms with Crippen LogP contribution in [0.15, 0.2) is 18.2 Å². The van der Waals surface area contributed by atoms with Crippen molar-refractivity contribution in [3.8, 4) is 5.75 Å². The first kappa shape index (κ1) is 14.8. The van der Waals surface area contributed by atoms with Gasteiger partial charge < -0.3 is 14.4 Å². The molecule has 1 aromatic carbocycles. The minimum absolute atomic E-state index is 0.0190. The largest absolute Gasteiger partial charge is 0.490 e. The van der Waals surface area contributed by atoms with Gasteiger partial charge in [0, 0.05) is 18.6 Å². The molecular formula is C13H14N2O6. The van der Waals surface area contributed by atoms with Crippen LogP contribution in [-0.2, 0) is 14.3 Å². The number of methoxy groups -OCH3 is 1. The van der Waals surface area contributed by atoms with Crippen molar-refractivity contribution in [2.75, 3.05) is 25.2 Å². The highest BCUT2D eigenvalue weighted by Crippen LogP contribution is 2.35. The van der Waals surface area contributed by atoms with Gasteiger partial charge in [-0.3, -0.25) is 19.7 Å². The number of nitrogens with zero attached hydrogens (tertiary/aromatic N) is 2. The smallest absolute Gasteiger partial charge is 0.306 e. The lowest BCUT2D eigenvalue weighted by molar-refractivity contribution is -0.384. The molecule has 0 saturated heterocycles. The number of amides is 1. The standard InChI is InChI=1S/C13H14N2O6/c1-20-13(17)5-4-12(16)14-6-7-21-11-3-2-9(15(18)19)8-10(11)14/h2-3,8H,4-7H2,1H3. The first-order chi connectivity index (χ1) is 10.0. The third-order valence-corrected chi connectivity index (χ3v) is 3.09. The molecule has 0 radical (unpaired) electrons. The van der Waals surface area contributed by atoms with E-state index in [2.05, 4.69) is 4.74 Å². The molecule has 1 aliphatic heterocycles. The van der Waals surface area contributed by atoms with Gasteiger partial charge in [0.05, 0.1) is 30.7 Å². The summed E-state index contributed by atoms with van der Waals surface area (Å²) >= 11 is 0. The summed E-state index contributed by atoms with van der Waals surface area (Å²) in [4.78, 5) is 34.9. The summed E-state index contributed by atoms with van der Waals surface area (Å²) in [6.45, 7) is 0.586. The molecule has 0 bridgehead atoms. The lowest BCUT2D eigenvalue weighted by Crippen LogP contribution is -2.38. The van der Waals surface area contributed by atoms with E-state index in [-0.39, 0.29) is 31.0 Å². The van der Waals surface area contributed by atoms with Gasteiger partial charge in [-0.15, -0.1) is 0 Å². The molecule has 1 aromatic rings. The topological polar surface area (TPSA) is 99.0 Å². The number of ether oxygens (including phenoxy) is 2. The molecule has 1 aliphatic rings. The molecule has 0 atom stereocenters. The van der Waals surface area contributed by atoms with Gasteiger partial charge >= 0.3 is 5.97 Å². The Kier molecular flexibility index (Phi) is 4.36. The number of nitro groups is 1. The molecule has 0 spiro atoms. The van der Waals surface area contributed by atoms with E-state index < -0.39 is 10.9 Å². The summed E-state index contributed by atoms with van der Waals surface area (Å²) in [7, 11) is 1.25. The first-order valence-electron chi connectivity index (χ1n) is 6.31. The third kappa shape index (κ3) is 3.28. The predicted molar refractivity (Wildman–Crippen MR) is 72.2 cm³/mol. The van der Waals surface area contributed by atoms with Gasteiger partial charge in [0.25, 0.3) is 5.69 Å². The zero-order valence-electron chi connectivity index (χ0n) is 11.4. The average molecular weight is 294 g/mol. The van der Waals surface area contributed by atoms with Gasteiger partial charge in [-0.1, -0.05) is 0 Å². The fourth-order valence-electron chi connectivity index (χ4n) is 2.02. The fourth-order valence-corrected chi connectivity index (χ4v) is 2.02. The van der Waals surface area contributed by atoms with Crippen LogP contribution >= 0.6 is 0 Å². The molecule has 1 heterocycles. The third-order valence-electron chi connectivity index (χ3n) is 3.09. The number of non-ortho nitro benzene ring substituents is 1. The summed E-state index contributed by atoms with van der Waals surface area (Å²) < 4.78 is 9.86. The lowest BCUT2D eigenvalue weighted by Gasteiger charge is -2.29. The molecule has 2 rings (SSSR count). The van der Waals surface area contributed by atoms with Gasteiger partial charge in [-0.2, -0.15) is 0 Å². The molecule has 8 heteroatoms. The van der Waals surface area contributed by atoms with Crippen molar-refractivity contribution in [1.82, 2.24) is 0 Å². The molecule has 112 valence electrons. The van der Waals surface area contributed by atoms with Crippen LogP contribution in [0.5, 0.6) is 5.75 Å². The maximum absolute atomic E-state index is 12.2. The normalized spacial score (nSPS) is 13.1. The maximum atomic E-state index is 12.2. The molecule has 21 heavy (non-hydrogen) atoms. The second-order valence-corrected chi connectivity index (χ2v) is 4.38. The molecule has 0 N–H and O–H groups in total. The number of nitro benzene ring substituents is 1. The molecule has 8 nitrogen and oxygen atoms in total. The van der Waals surface area contributed by atoms with Crippen molar-refractivity contribution in [2.45, 2.75) is 12.8 Å². The van der Waals surface area contributed by atoms with Crippen LogP contribution in [0.25, 0.3) is 0 Å². The second-order valence-electron chi connectivity index (χ2n) is 4.38. The highest BCUT2D eigenvalue weighted by atomic mass is 16.6. The average Bonchev–Trinajstić information content (AvgIpc) is 2.50. The number of carbonyl (C=O) groups is 2. The summed E-state index contributed by atoms with van der Waals surface area (Å²) in [5.74, 6) is -0.361. The van der Waals surface area contributed by atoms with Crippen molar-refractivity contribution >= 4 is 23.3 Å². The zero-order valence-corrected chi connectivity index (χ0v) is 11.4. The number of carbonyl (C=O) groups excluding carboxylic acids is 2. The van der Waals surface area contributed by atoms with E-state index in [9.17, 15) is 19.7 Å². The Morgan fingerprint density at radius 3 is 2.86 bits per heavy atom. The summed E-state index contributed by atoms with van der Waals surface area (Å²) in [5, 5.41) is 10.8. The minimum Gasteiger partial charge on any atom is -0.490 e. The monoisotopic (exact) mass is 294 g/mol. The fraction of sp³-hybridized carbons (Fsp3) is 0.385. The van der Waals surface area contributed by atoms with Crippen molar-refractivity contribution < 1.29 is 24.0 Å². The number of fused-ring (bicyclic) bond motifs is 1. The highest BCUT2D eigenvalue weighted by Gasteiger charge is 2.26. The molecule has 0 aliphatic carbocycles. The Bertz CT molecular complexity index is 586. The molecular weight excluding hydrogens is 280 g/mol. The Morgan fingerprint density at radius 1 is 1.43 bits per heavy atom. The predicted octanol–water partition coefficient (Wildman–Crippen LogP) is 1.27. The lowest BCUT2D eigenvalue weighted by atomic mass is 10.2. The van der Waals surface area contributed by atoms with Crippen LogP contribution in [0.4, 0.5) is 11.4 Å². The van der Waals surface area contributed by atoms with Crippen LogP contribution < -0.4 is 9.64 Å². The molecule has 0 unspecified atom stereocenters. The molecule has 0 aromatic heterocycles. The Balaban J connectivity index is 2.20. The van der Waals surface area contributed by atoms with Crippen LogP contribution in [0, 0.1) is 10.1 Å². The van der Waals surface area contributed by atoms with Gasteiger partial charge in [0.15, 0.2) is 0 Å². The molecule has 0 fully saturated rings. The number of benzene rings is 1. The number of esters is 1. The van der Waals surface area contributed by atoms with Gasteiger partial charge in [0.1, 0.15) is 12.4 Å². The Morgan fingerprint density at radius 2 is 2.19 bits per heavy atom. The number of hydrogen-bond donors (Lipinski definition) is 0. The van der Waals surface area contributed by atoms with Crippen LogP contribution in [-0.4, -0.2) is 37.1 Å². The van der Waals surface area contributed by atoms with E-state index in [0.29, 0.717) is 18.0 Å². The minimum atomic E-state index is -0.536. The highest BCUT2D eigenvalue weighted by molar-refractivity contribution is 5.97. The molecule has 0 saturated carbocycles. The number of anilines is 1. The van der Waals surface area contributed by atoms with E-state index in [4.69, 9.17) is 4.74 Å². The zero-order chi connectivity index (χ0) is 15.4. The van der Waals surface area contributed by atoms with Crippen molar-refractivity contribution in [3.05, 3.63) is 28.3 Å². The van der Waals surface area contributed by atoms with Crippen LogP contribution in [0.2, 0.25) is 0 Å². The first-order valence-corrected chi connectivity index (χ1v) is 6.31. The van der Waals surface area contributed by atoms with Crippen molar-refractivity contribution in [1.29, 1.82) is 0 Å². The molecule has 1 amide bonds. The SMILES string of the molecule is COC(=O)CCC(=O)N1CCOc2ccc([N+](=O)[O-])cc21. The van der Waals surface area contributed by atoms with Crippen molar-refractivity contribution in [2.24, 2.45) is 0 Å². The van der Waals surface area contributed by atoms with E-state index >= 15 is 0 Å². The van der Waals surface area contributed by atoms with Crippen molar-refractivity contribution in [3.63, 3.8) is 0 Å². The van der Waals surface area contributed by atoms with Gasteiger partial charge in [-0.05, 0) is 6.07 Å². The maximum Gasteiger partial charge on any atom is 0.306 e. The summed E-state index contributed by atoms with van der Waals surface area (Å²) in [6, 6.07) is 4.08. The number of hydrogen-bond acceptors (Lipinski definition) is 6. The van der Waals surface area contributed by atoms with Crippen LogP contribution in [0.3, 0.4) is 0 Å². The van der Waals surface area contributed by atoms with Crippen LogP contribution in [0.1, 0.15) is 12.8 Å². The Hall–Kier alpha value is -2.64. The van der Waals surface area contributed by atoms with E-state index in [1.165, 1.54) is 30.2 Å². The van der Waals surface area contributed by atoms with Gasteiger partial charge in [-0.25, -0.2) is 0 Å². The van der Waals surface area contributed by atoms with E-state index in [1.54, 1.807) is 0 Å².